The Labute approximate surface area is 208 Å². The zero-order valence-electron chi connectivity index (χ0n) is 18.1. The van der Waals surface area contributed by atoms with Crippen molar-refractivity contribution in [1.29, 1.82) is 0 Å². The van der Waals surface area contributed by atoms with Crippen molar-refractivity contribution < 1.29 is 27.1 Å². The number of anilines is 2. The van der Waals surface area contributed by atoms with Gasteiger partial charge in [-0.15, -0.1) is 10.2 Å². The number of nitrogens with one attached hydrogen (secondary N) is 2. The van der Waals surface area contributed by atoms with Gasteiger partial charge in [-0.25, -0.2) is 12.8 Å². The van der Waals surface area contributed by atoms with E-state index in [-0.39, 0.29) is 40.3 Å². The first-order valence-corrected chi connectivity index (χ1v) is 13.6. The number of amides is 2. The van der Waals surface area contributed by atoms with Gasteiger partial charge in [0.15, 0.2) is 4.34 Å². The summed E-state index contributed by atoms with van der Waals surface area (Å²) in [7, 11) is -3.65. The standard InChI is InChI=1S/C21H20FN5O5S3/c22-15-2-1-3-16(12-15)23-18(28)13-33-21-26-25-20(34-21)24-19(29)14-4-6-17(7-5-14)35(30,31)27-8-10-32-11-9-27/h1-7,12H,8-11,13H2,(H,23,28)(H,24,25,29). The van der Waals surface area contributed by atoms with Crippen LogP contribution in [-0.4, -0.2) is 66.8 Å². The van der Waals surface area contributed by atoms with Gasteiger partial charge in [0.05, 0.1) is 23.9 Å². The Kier molecular flexibility index (Phi) is 8.07. The molecule has 1 aromatic heterocycles. The minimum atomic E-state index is -3.65. The number of benzene rings is 2. The van der Waals surface area contributed by atoms with E-state index in [0.717, 1.165) is 23.1 Å². The van der Waals surface area contributed by atoms with E-state index in [1.165, 1.54) is 46.8 Å². The highest BCUT2D eigenvalue weighted by atomic mass is 32.2. The quantitative estimate of drug-likeness (QED) is 0.331. The molecule has 3 aromatic rings. The Balaban J connectivity index is 1.30. The molecule has 0 bridgehead atoms. The molecule has 184 valence electrons. The Morgan fingerprint density at radius 3 is 2.54 bits per heavy atom. The van der Waals surface area contributed by atoms with Crippen molar-refractivity contribution in [1.82, 2.24) is 14.5 Å². The summed E-state index contributed by atoms with van der Waals surface area (Å²) in [6, 6.07) is 11.2. The van der Waals surface area contributed by atoms with Gasteiger partial charge >= 0.3 is 0 Å². The third-order valence-electron chi connectivity index (χ3n) is 4.79. The number of rotatable bonds is 8. The number of aromatic nitrogens is 2. The van der Waals surface area contributed by atoms with Crippen LogP contribution in [0.25, 0.3) is 0 Å². The van der Waals surface area contributed by atoms with Gasteiger partial charge in [-0.2, -0.15) is 4.31 Å². The minimum absolute atomic E-state index is 0.0260. The van der Waals surface area contributed by atoms with E-state index < -0.39 is 21.7 Å². The summed E-state index contributed by atoms with van der Waals surface area (Å²) in [5.41, 5.74) is 0.606. The van der Waals surface area contributed by atoms with Gasteiger partial charge in [-0.05, 0) is 42.5 Å². The third-order valence-corrected chi connectivity index (χ3v) is 8.67. The van der Waals surface area contributed by atoms with Crippen molar-refractivity contribution in [2.45, 2.75) is 9.24 Å². The lowest BCUT2D eigenvalue weighted by Gasteiger charge is -2.26. The topological polar surface area (TPSA) is 131 Å². The van der Waals surface area contributed by atoms with Crippen LogP contribution >= 0.6 is 23.1 Å². The number of thioether (sulfide) groups is 1. The number of morpholine rings is 1. The van der Waals surface area contributed by atoms with E-state index in [9.17, 15) is 22.4 Å². The summed E-state index contributed by atoms with van der Waals surface area (Å²) < 4.78 is 45.6. The van der Waals surface area contributed by atoms with Crippen LogP contribution in [0.4, 0.5) is 15.2 Å². The summed E-state index contributed by atoms with van der Waals surface area (Å²) >= 11 is 2.21. The second kappa shape index (κ2) is 11.2. The van der Waals surface area contributed by atoms with Crippen molar-refractivity contribution in [2.75, 3.05) is 42.7 Å². The molecule has 2 amide bonds. The van der Waals surface area contributed by atoms with Gasteiger partial charge in [0.1, 0.15) is 5.82 Å². The van der Waals surface area contributed by atoms with Crippen molar-refractivity contribution in [2.24, 2.45) is 0 Å². The second-order valence-electron chi connectivity index (χ2n) is 7.22. The SMILES string of the molecule is O=C(CSc1nnc(NC(=O)c2ccc(S(=O)(=O)N3CCOCC3)cc2)s1)Nc1cccc(F)c1. The van der Waals surface area contributed by atoms with E-state index in [4.69, 9.17) is 4.74 Å². The monoisotopic (exact) mass is 537 g/mol. The fourth-order valence-electron chi connectivity index (χ4n) is 3.09. The molecule has 1 aliphatic heterocycles. The first kappa shape index (κ1) is 25.2. The van der Waals surface area contributed by atoms with E-state index in [1.54, 1.807) is 6.07 Å². The van der Waals surface area contributed by atoms with Crippen molar-refractivity contribution in [3.8, 4) is 0 Å². The molecule has 0 spiro atoms. The van der Waals surface area contributed by atoms with Gasteiger partial charge < -0.3 is 10.1 Å². The van der Waals surface area contributed by atoms with Crippen LogP contribution in [0.5, 0.6) is 0 Å². The molecule has 0 atom stereocenters. The zero-order valence-corrected chi connectivity index (χ0v) is 20.6. The molecule has 14 heteroatoms. The van der Waals surface area contributed by atoms with Crippen molar-refractivity contribution >= 4 is 55.8 Å². The normalized spacial score (nSPS) is 14.4. The lowest BCUT2D eigenvalue weighted by molar-refractivity contribution is -0.113. The van der Waals surface area contributed by atoms with E-state index in [1.807, 2.05) is 0 Å². The van der Waals surface area contributed by atoms with Crippen LogP contribution in [0, 0.1) is 5.82 Å². The second-order valence-corrected chi connectivity index (χ2v) is 11.4. The fraction of sp³-hybridized carbons (Fsp3) is 0.238. The number of ether oxygens (including phenoxy) is 1. The highest BCUT2D eigenvalue weighted by Gasteiger charge is 2.26. The molecule has 0 aliphatic carbocycles. The van der Waals surface area contributed by atoms with Crippen molar-refractivity contribution in [3.63, 3.8) is 0 Å². The van der Waals surface area contributed by atoms with Crippen LogP contribution < -0.4 is 10.6 Å². The Morgan fingerprint density at radius 1 is 1.09 bits per heavy atom. The fourth-order valence-corrected chi connectivity index (χ4v) is 6.05. The smallest absolute Gasteiger partial charge is 0.257 e. The largest absolute Gasteiger partial charge is 0.379 e. The predicted molar refractivity (Wildman–Crippen MR) is 130 cm³/mol. The molecular weight excluding hydrogens is 517 g/mol. The average molecular weight is 538 g/mol. The third kappa shape index (κ3) is 6.61. The lowest BCUT2D eigenvalue weighted by atomic mass is 10.2. The van der Waals surface area contributed by atoms with Crippen LogP contribution in [0.2, 0.25) is 0 Å². The highest BCUT2D eigenvalue weighted by Crippen LogP contribution is 2.26. The van der Waals surface area contributed by atoms with Crippen LogP contribution in [0.1, 0.15) is 10.4 Å². The molecule has 1 saturated heterocycles. The number of sulfonamides is 1. The molecule has 1 fully saturated rings. The molecular formula is C21H20FN5O5S3. The molecule has 0 radical (unpaired) electrons. The zero-order chi connectivity index (χ0) is 24.8. The summed E-state index contributed by atoms with van der Waals surface area (Å²) in [5, 5.41) is 13.3. The Hall–Kier alpha value is -2.91. The number of carbonyl (C=O) groups is 2. The molecule has 1 aliphatic rings. The van der Waals surface area contributed by atoms with E-state index in [2.05, 4.69) is 20.8 Å². The summed E-state index contributed by atoms with van der Waals surface area (Å²) in [4.78, 5) is 24.7. The molecule has 2 aromatic carbocycles. The minimum Gasteiger partial charge on any atom is -0.379 e. The molecule has 4 rings (SSSR count). The number of halogens is 1. The summed E-state index contributed by atoms with van der Waals surface area (Å²) in [5.74, 6) is -1.24. The average Bonchev–Trinajstić information content (AvgIpc) is 3.30. The van der Waals surface area contributed by atoms with Crippen molar-refractivity contribution in [3.05, 3.63) is 59.9 Å². The first-order valence-electron chi connectivity index (χ1n) is 10.3. The maximum absolute atomic E-state index is 13.2. The van der Waals surface area contributed by atoms with E-state index >= 15 is 0 Å². The van der Waals surface area contributed by atoms with Crippen LogP contribution in [-0.2, 0) is 19.6 Å². The maximum Gasteiger partial charge on any atom is 0.257 e. The first-order chi connectivity index (χ1) is 16.8. The molecule has 10 nitrogen and oxygen atoms in total. The maximum atomic E-state index is 13.2. The predicted octanol–water partition coefficient (Wildman–Crippen LogP) is 2.68. The Morgan fingerprint density at radius 2 is 1.83 bits per heavy atom. The molecule has 2 N–H and O–H groups in total. The lowest BCUT2D eigenvalue weighted by Crippen LogP contribution is -2.40. The summed E-state index contributed by atoms with van der Waals surface area (Å²) in [6.07, 6.45) is 0. The molecule has 0 saturated carbocycles. The van der Waals surface area contributed by atoms with Crippen LogP contribution in [0.3, 0.4) is 0 Å². The van der Waals surface area contributed by atoms with Gasteiger partial charge in [0, 0.05) is 24.3 Å². The number of nitrogens with zero attached hydrogens (tertiary/aromatic N) is 3. The van der Waals surface area contributed by atoms with Gasteiger partial charge in [-0.3, -0.25) is 14.9 Å². The van der Waals surface area contributed by atoms with Gasteiger partial charge in [0.25, 0.3) is 5.91 Å². The number of hydrogen-bond donors (Lipinski definition) is 2. The number of hydrogen-bond acceptors (Lipinski definition) is 9. The van der Waals surface area contributed by atoms with E-state index in [0.29, 0.717) is 23.2 Å². The van der Waals surface area contributed by atoms with Gasteiger partial charge in [0.2, 0.25) is 21.1 Å². The highest BCUT2D eigenvalue weighted by molar-refractivity contribution is 8.01. The molecule has 2 heterocycles. The Bertz CT molecular complexity index is 1310. The molecule has 0 unspecified atom stereocenters. The number of carbonyl (C=O) groups excluding carboxylic acids is 2. The molecule has 35 heavy (non-hydrogen) atoms. The van der Waals surface area contributed by atoms with Gasteiger partial charge in [-0.1, -0.05) is 29.2 Å². The van der Waals surface area contributed by atoms with Crippen LogP contribution in [0.15, 0.2) is 57.8 Å². The summed E-state index contributed by atoms with van der Waals surface area (Å²) in [6.45, 7) is 1.27.